The quantitative estimate of drug-likeness (QED) is 0.726. The summed E-state index contributed by atoms with van der Waals surface area (Å²) in [6, 6.07) is 10.0. The van der Waals surface area contributed by atoms with Crippen molar-refractivity contribution in [2.45, 2.75) is 20.8 Å². The topological polar surface area (TPSA) is 26.3 Å². The van der Waals surface area contributed by atoms with E-state index in [4.69, 9.17) is 4.74 Å². The molecule has 1 aromatic carbocycles. The summed E-state index contributed by atoms with van der Waals surface area (Å²) in [5.41, 5.74) is 2.93. The van der Waals surface area contributed by atoms with Gasteiger partial charge in [0, 0.05) is 5.41 Å². The molecule has 0 saturated carbocycles. The smallest absolute Gasteiger partial charge is 0.335 e. The Kier molecular flexibility index (Phi) is 2.58. The molecule has 0 atom stereocenters. The molecule has 1 aliphatic rings. The van der Waals surface area contributed by atoms with Gasteiger partial charge in [0.05, 0.1) is 12.2 Å². The van der Waals surface area contributed by atoms with E-state index in [2.05, 4.69) is 13.8 Å². The Bertz CT molecular complexity index is 441. The second kappa shape index (κ2) is 3.78. The Hall–Kier alpha value is -1.57. The number of ether oxygens (including phenoxy) is 1. The highest BCUT2D eigenvalue weighted by atomic mass is 16.5. The van der Waals surface area contributed by atoms with Crippen molar-refractivity contribution in [2.75, 3.05) is 6.61 Å². The molecule has 84 valence electrons. The van der Waals surface area contributed by atoms with Gasteiger partial charge >= 0.3 is 5.97 Å². The molecule has 0 radical (unpaired) electrons. The van der Waals surface area contributed by atoms with Crippen LogP contribution in [0.3, 0.4) is 0 Å². The molecule has 0 saturated heterocycles. The average molecular weight is 216 g/mol. The standard InChI is InChI=1S/C14H16O2/c1-4-16-13(15)12-11(14(12,2)3)10-8-6-5-7-9-10/h5-9H,4H2,1-3H3. The van der Waals surface area contributed by atoms with Crippen LogP contribution in [0.15, 0.2) is 35.9 Å². The van der Waals surface area contributed by atoms with Crippen LogP contribution in [-0.2, 0) is 9.53 Å². The predicted molar refractivity (Wildman–Crippen MR) is 63.8 cm³/mol. The molecule has 0 spiro atoms. The van der Waals surface area contributed by atoms with Crippen molar-refractivity contribution >= 4 is 11.5 Å². The van der Waals surface area contributed by atoms with Crippen LogP contribution in [0, 0.1) is 5.41 Å². The van der Waals surface area contributed by atoms with Gasteiger partial charge in [-0.1, -0.05) is 44.2 Å². The fraction of sp³-hybridized carbons (Fsp3) is 0.357. The third-order valence-corrected chi connectivity index (χ3v) is 2.98. The number of allylic oxidation sites excluding steroid dienone is 1. The largest absolute Gasteiger partial charge is 0.463 e. The number of esters is 1. The van der Waals surface area contributed by atoms with Gasteiger partial charge in [-0.15, -0.1) is 0 Å². The van der Waals surface area contributed by atoms with Gasteiger partial charge in [-0.05, 0) is 18.1 Å². The molecular formula is C14H16O2. The Morgan fingerprint density at radius 2 is 1.88 bits per heavy atom. The fourth-order valence-electron chi connectivity index (χ4n) is 2.14. The summed E-state index contributed by atoms with van der Waals surface area (Å²) in [4.78, 5) is 11.7. The van der Waals surface area contributed by atoms with E-state index < -0.39 is 0 Å². The zero-order chi connectivity index (χ0) is 11.8. The molecule has 0 bridgehead atoms. The van der Waals surface area contributed by atoms with Crippen LogP contribution in [0.4, 0.5) is 0 Å². The Balaban J connectivity index is 2.31. The Morgan fingerprint density at radius 3 is 2.44 bits per heavy atom. The van der Waals surface area contributed by atoms with Crippen molar-refractivity contribution < 1.29 is 9.53 Å². The van der Waals surface area contributed by atoms with Gasteiger partial charge in [0.25, 0.3) is 0 Å². The highest BCUT2D eigenvalue weighted by Gasteiger charge is 2.50. The second-order valence-corrected chi connectivity index (χ2v) is 4.46. The first-order valence-corrected chi connectivity index (χ1v) is 5.56. The fourth-order valence-corrected chi connectivity index (χ4v) is 2.14. The van der Waals surface area contributed by atoms with Gasteiger partial charge in [-0.3, -0.25) is 0 Å². The minimum absolute atomic E-state index is 0.131. The summed E-state index contributed by atoms with van der Waals surface area (Å²) < 4.78 is 5.06. The monoisotopic (exact) mass is 216 g/mol. The Labute approximate surface area is 95.9 Å². The van der Waals surface area contributed by atoms with Gasteiger partial charge in [0.2, 0.25) is 0 Å². The first-order valence-electron chi connectivity index (χ1n) is 5.56. The van der Waals surface area contributed by atoms with E-state index in [9.17, 15) is 4.79 Å². The molecule has 2 heteroatoms. The third kappa shape index (κ3) is 1.64. The lowest BCUT2D eigenvalue weighted by Gasteiger charge is -2.05. The third-order valence-electron chi connectivity index (χ3n) is 2.98. The molecule has 2 nitrogen and oxygen atoms in total. The summed E-state index contributed by atoms with van der Waals surface area (Å²) in [5, 5.41) is 0. The van der Waals surface area contributed by atoms with Gasteiger partial charge in [-0.2, -0.15) is 0 Å². The summed E-state index contributed by atoms with van der Waals surface area (Å²) >= 11 is 0. The van der Waals surface area contributed by atoms with Crippen LogP contribution in [0.25, 0.3) is 5.57 Å². The molecule has 1 aliphatic carbocycles. The van der Waals surface area contributed by atoms with E-state index >= 15 is 0 Å². The minimum Gasteiger partial charge on any atom is -0.463 e. The highest BCUT2D eigenvalue weighted by Crippen LogP contribution is 2.58. The summed E-state index contributed by atoms with van der Waals surface area (Å²) in [7, 11) is 0. The zero-order valence-electron chi connectivity index (χ0n) is 9.91. The number of carbonyl (C=O) groups excluding carboxylic acids is 1. The van der Waals surface area contributed by atoms with Crippen LogP contribution in [0.5, 0.6) is 0 Å². The minimum atomic E-state index is -0.175. The van der Waals surface area contributed by atoms with Gasteiger partial charge in [0.15, 0.2) is 0 Å². The molecular weight excluding hydrogens is 200 g/mol. The van der Waals surface area contributed by atoms with E-state index in [-0.39, 0.29) is 11.4 Å². The van der Waals surface area contributed by atoms with Gasteiger partial charge in [-0.25, -0.2) is 4.79 Å². The van der Waals surface area contributed by atoms with Gasteiger partial charge < -0.3 is 4.74 Å². The summed E-state index contributed by atoms with van der Waals surface area (Å²) in [6.45, 7) is 6.37. The van der Waals surface area contributed by atoms with E-state index in [1.165, 1.54) is 0 Å². The van der Waals surface area contributed by atoms with Crippen molar-refractivity contribution in [3.8, 4) is 0 Å². The molecule has 0 N–H and O–H groups in total. The molecule has 2 rings (SSSR count). The van der Waals surface area contributed by atoms with Crippen molar-refractivity contribution in [1.82, 2.24) is 0 Å². The molecule has 0 fully saturated rings. The highest BCUT2D eigenvalue weighted by molar-refractivity contribution is 6.12. The van der Waals surface area contributed by atoms with Crippen molar-refractivity contribution in [1.29, 1.82) is 0 Å². The van der Waals surface area contributed by atoms with Crippen molar-refractivity contribution in [3.05, 3.63) is 41.5 Å². The van der Waals surface area contributed by atoms with Gasteiger partial charge in [0.1, 0.15) is 0 Å². The van der Waals surface area contributed by atoms with Crippen LogP contribution >= 0.6 is 0 Å². The molecule has 0 aromatic heterocycles. The second-order valence-electron chi connectivity index (χ2n) is 4.46. The number of rotatable bonds is 3. The SMILES string of the molecule is CCOC(=O)C1=C(c2ccccc2)C1(C)C. The maximum Gasteiger partial charge on any atom is 0.335 e. The molecule has 1 aromatic rings. The number of benzene rings is 1. The first-order chi connectivity index (χ1) is 7.59. The lowest BCUT2D eigenvalue weighted by atomic mass is 10.00. The molecule has 16 heavy (non-hydrogen) atoms. The Morgan fingerprint density at radius 1 is 1.25 bits per heavy atom. The van der Waals surface area contributed by atoms with E-state index in [0.29, 0.717) is 6.61 Å². The molecule has 0 heterocycles. The molecule has 0 aliphatic heterocycles. The first kappa shape index (κ1) is 10.9. The van der Waals surface area contributed by atoms with Crippen LogP contribution in [-0.4, -0.2) is 12.6 Å². The van der Waals surface area contributed by atoms with Crippen molar-refractivity contribution in [2.24, 2.45) is 5.41 Å². The zero-order valence-corrected chi connectivity index (χ0v) is 9.91. The van der Waals surface area contributed by atoms with Crippen LogP contribution < -0.4 is 0 Å². The van der Waals surface area contributed by atoms with E-state index in [0.717, 1.165) is 16.7 Å². The average Bonchev–Trinajstić information content (AvgIpc) is 2.83. The number of hydrogen-bond donors (Lipinski definition) is 0. The van der Waals surface area contributed by atoms with Crippen molar-refractivity contribution in [3.63, 3.8) is 0 Å². The lowest BCUT2D eigenvalue weighted by molar-refractivity contribution is -0.138. The summed E-state index contributed by atoms with van der Waals surface area (Å²) in [5.74, 6) is -0.175. The number of hydrogen-bond acceptors (Lipinski definition) is 2. The maximum atomic E-state index is 11.7. The summed E-state index contributed by atoms with van der Waals surface area (Å²) in [6.07, 6.45) is 0. The molecule has 0 unspecified atom stereocenters. The van der Waals surface area contributed by atoms with E-state index in [1.807, 2.05) is 37.3 Å². The predicted octanol–water partition coefficient (Wildman–Crippen LogP) is 3.04. The molecule has 0 amide bonds. The number of carbonyl (C=O) groups is 1. The maximum absolute atomic E-state index is 11.7. The normalized spacial score (nSPS) is 17.2. The van der Waals surface area contributed by atoms with E-state index in [1.54, 1.807) is 0 Å². The van der Waals surface area contributed by atoms with Crippen LogP contribution in [0.1, 0.15) is 26.3 Å². The lowest BCUT2D eigenvalue weighted by Crippen LogP contribution is -2.07. The van der Waals surface area contributed by atoms with Crippen LogP contribution in [0.2, 0.25) is 0 Å².